The third-order valence-corrected chi connectivity index (χ3v) is 1.28. The van der Waals surface area contributed by atoms with Crippen molar-refractivity contribution in [3.63, 3.8) is 0 Å². The molecule has 0 fully saturated rings. The van der Waals surface area contributed by atoms with Gasteiger partial charge in [-0.05, 0) is 0 Å². The highest BCUT2D eigenvalue weighted by molar-refractivity contribution is 5.79. The molecule has 0 unspecified atom stereocenters. The lowest BCUT2D eigenvalue weighted by Gasteiger charge is -1.95. The van der Waals surface area contributed by atoms with Gasteiger partial charge in [-0.25, -0.2) is 0 Å². The van der Waals surface area contributed by atoms with E-state index in [9.17, 15) is 10.1 Å². The topological polar surface area (TPSA) is 120 Å². The summed E-state index contributed by atoms with van der Waals surface area (Å²) in [6.07, 6.45) is 2.28. The maximum Gasteiger partial charge on any atom is 0.307 e. The van der Waals surface area contributed by atoms with Crippen LogP contribution in [0.25, 0.3) is 0 Å². The molecule has 0 saturated heterocycles. The van der Waals surface area contributed by atoms with E-state index in [1.54, 1.807) is 0 Å². The predicted octanol–water partition coefficient (Wildman–Crippen LogP) is -0.462. The first-order valence-electron chi connectivity index (χ1n) is 3.26. The Balaban J connectivity index is 2.75. The number of hydrogen-bond donors (Lipinski definition) is 2. The van der Waals surface area contributed by atoms with Crippen LogP contribution in [-0.4, -0.2) is 25.7 Å². The molecule has 0 radical (unpaired) electrons. The molecule has 70 valence electrons. The number of hydrogen-bond acceptors (Lipinski definition) is 5. The summed E-state index contributed by atoms with van der Waals surface area (Å²) in [5.74, 6) is -0.0713. The molecule has 0 aliphatic rings. The summed E-state index contributed by atoms with van der Waals surface area (Å²) in [5, 5.41) is 24.7. The molecule has 1 aromatic rings. The number of nitrogens with two attached hydrogens (primary N) is 1. The molecular weight excluding hydrogens is 178 g/mol. The van der Waals surface area contributed by atoms with Crippen LogP contribution >= 0.6 is 0 Å². The van der Waals surface area contributed by atoms with Crippen molar-refractivity contribution in [2.24, 2.45) is 10.9 Å². The summed E-state index contributed by atoms with van der Waals surface area (Å²) < 4.78 is 1.20. The minimum absolute atomic E-state index is 0.0182. The van der Waals surface area contributed by atoms with Crippen molar-refractivity contribution >= 4 is 11.5 Å². The number of amidine groups is 1. The Morgan fingerprint density at radius 2 is 2.62 bits per heavy atom. The second-order valence-electron chi connectivity index (χ2n) is 2.24. The zero-order chi connectivity index (χ0) is 9.84. The molecule has 13 heavy (non-hydrogen) atoms. The minimum Gasteiger partial charge on any atom is -0.409 e. The summed E-state index contributed by atoms with van der Waals surface area (Å²) in [6, 6.07) is 0. The van der Waals surface area contributed by atoms with Crippen molar-refractivity contribution < 1.29 is 10.1 Å². The van der Waals surface area contributed by atoms with Gasteiger partial charge in [0.25, 0.3) is 0 Å². The van der Waals surface area contributed by atoms with Gasteiger partial charge in [-0.1, -0.05) is 5.16 Å². The molecule has 0 aliphatic carbocycles. The zero-order valence-corrected chi connectivity index (χ0v) is 6.49. The third-order valence-electron chi connectivity index (χ3n) is 1.28. The van der Waals surface area contributed by atoms with Crippen LogP contribution in [0.15, 0.2) is 17.5 Å². The highest BCUT2D eigenvalue weighted by atomic mass is 16.6. The Hall–Kier alpha value is -2.12. The van der Waals surface area contributed by atoms with E-state index in [4.69, 9.17) is 10.9 Å². The van der Waals surface area contributed by atoms with Crippen LogP contribution < -0.4 is 5.73 Å². The molecule has 1 rings (SSSR count). The Bertz CT molecular complexity index is 344. The molecule has 1 heterocycles. The van der Waals surface area contributed by atoms with Crippen LogP contribution in [0, 0.1) is 10.1 Å². The normalized spacial score (nSPS) is 11.5. The Morgan fingerprint density at radius 1 is 1.92 bits per heavy atom. The lowest BCUT2D eigenvalue weighted by atomic mass is 10.6. The van der Waals surface area contributed by atoms with Gasteiger partial charge >= 0.3 is 5.69 Å². The molecule has 0 bridgehead atoms. The number of nitro groups is 1. The van der Waals surface area contributed by atoms with Crippen molar-refractivity contribution in [2.45, 2.75) is 6.54 Å². The van der Waals surface area contributed by atoms with E-state index in [1.807, 2.05) is 0 Å². The molecule has 1 aromatic heterocycles. The van der Waals surface area contributed by atoms with Gasteiger partial charge in [-0.3, -0.25) is 14.8 Å². The summed E-state index contributed by atoms with van der Waals surface area (Å²) >= 11 is 0. The van der Waals surface area contributed by atoms with Crippen LogP contribution in [0.4, 0.5) is 5.69 Å². The fourth-order valence-corrected chi connectivity index (χ4v) is 0.731. The standard InChI is InChI=1S/C5H7N5O3/c6-5(8-11)3-9-2-4(1-7-9)10(12)13/h1-2,11H,3H2,(H2,6,8). The fraction of sp³-hybridized carbons (Fsp3) is 0.200. The molecule has 8 nitrogen and oxygen atoms in total. The van der Waals surface area contributed by atoms with Crippen molar-refractivity contribution in [3.05, 3.63) is 22.5 Å². The number of aromatic nitrogens is 2. The van der Waals surface area contributed by atoms with Gasteiger partial charge < -0.3 is 10.9 Å². The van der Waals surface area contributed by atoms with Gasteiger partial charge in [-0.15, -0.1) is 0 Å². The van der Waals surface area contributed by atoms with Crippen LogP contribution in [0.1, 0.15) is 0 Å². The lowest BCUT2D eigenvalue weighted by molar-refractivity contribution is -0.385. The first-order chi connectivity index (χ1) is 6.13. The van der Waals surface area contributed by atoms with Crippen molar-refractivity contribution in [1.82, 2.24) is 9.78 Å². The number of nitrogens with zero attached hydrogens (tertiary/aromatic N) is 4. The number of oxime groups is 1. The minimum atomic E-state index is -0.574. The highest BCUT2D eigenvalue weighted by Crippen LogP contribution is 2.06. The molecule has 0 atom stereocenters. The second kappa shape index (κ2) is 3.52. The van der Waals surface area contributed by atoms with E-state index in [-0.39, 0.29) is 18.1 Å². The molecule has 8 heteroatoms. The van der Waals surface area contributed by atoms with E-state index in [2.05, 4.69) is 10.3 Å². The van der Waals surface area contributed by atoms with E-state index < -0.39 is 4.92 Å². The zero-order valence-electron chi connectivity index (χ0n) is 6.49. The van der Waals surface area contributed by atoms with Crippen molar-refractivity contribution in [1.29, 1.82) is 0 Å². The van der Waals surface area contributed by atoms with Crippen molar-refractivity contribution in [3.8, 4) is 0 Å². The predicted molar refractivity (Wildman–Crippen MR) is 42.3 cm³/mol. The third kappa shape index (κ3) is 2.15. The maximum absolute atomic E-state index is 10.2. The Labute approximate surface area is 72.4 Å². The highest BCUT2D eigenvalue weighted by Gasteiger charge is 2.08. The van der Waals surface area contributed by atoms with Crippen molar-refractivity contribution in [2.75, 3.05) is 0 Å². The van der Waals surface area contributed by atoms with E-state index in [0.29, 0.717) is 0 Å². The van der Waals surface area contributed by atoms with Gasteiger partial charge in [0.05, 0.1) is 4.92 Å². The monoisotopic (exact) mass is 185 g/mol. The molecule has 0 aliphatic heterocycles. The summed E-state index contributed by atoms with van der Waals surface area (Å²) in [4.78, 5) is 9.64. The van der Waals surface area contributed by atoms with E-state index >= 15 is 0 Å². The first kappa shape index (κ1) is 8.97. The summed E-state index contributed by atoms with van der Waals surface area (Å²) in [6.45, 7) is 0.0182. The maximum atomic E-state index is 10.2. The Morgan fingerprint density at radius 3 is 3.08 bits per heavy atom. The van der Waals surface area contributed by atoms with Gasteiger partial charge in [0.2, 0.25) is 0 Å². The lowest BCUT2D eigenvalue weighted by Crippen LogP contribution is -2.19. The van der Waals surface area contributed by atoms with Crippen LogP contribution in [-0.2, 0) is 6.54 Å². The van der Waals surface area contributed by atoms with Gasteiger partial charge in [0.15, 0.2) is 5.84 Å². The SMILES string of the molecule is N/C(Cn1cc([N+](=O)[O-])cn1)=N\O. The first-order valence-corrected chi connectivity index (χ1v) is 3.26. The molecular formula is C5H7N5O3. The largest absolute Gasteiger partial charge is 0.409 e. The number of rotatable bonds is 3. The molecule has 0 saturated carbocycles. The van der Waals surface area contributed by atoms with Crippen LogP contribution in [0.5, 0.6) is 0 Å². The molecule has 0 spiro atoms. The average Bonchev–Trinajstić information content (AvgIpc) is 2.52. The molecule has 0 amide bonds. The van der Waals surface area contributed by atoms with Gasteiger partial charge in [-0.2, -0.15) is 5.10 Å². The molecule has 0 aromatic carbocycles. The fourth-order valence-electron chi connectivity index (χ4n) is 0.731. The quantitative estimate of drug-likeness (QED) is 0.217. The second-order valence-corrected chi connectivity index (χ2v) is 2.24. The van der Waals surface area contributed by atoms with Crippen LogP contribution in [0.2, 0.25) is 0 Å². The van der Waals surface area contributed by atoms with Gasteiger partial charge in [0.1, 0.15) is 18.9 Å². The van der Waals surface area contributed by atoms with Gasteiger partial charge in [0, 0.05) is 0 Å². The average molecular weight is 185 g/mol. The Kier molecular flexibility index (Phi) is 2.43. The smallest absolute Gasteiger partial charge is 0.307 e. The van der Waals surface area contributed by atoms with E-state index in [0.717, 1.165) is 6.20 Å². The van der Waals surface area contributed by atoms with Crippen LogP contribution in [0.3, 0.4) is 0 Å². The summed E-state index contributed by atoms with van der Waals surface area (Å²) in [5.41, 5.74) is 5.03. The van der Waals surface area contributed by atoms with E-state index in [1.165, 1.54) is 10.9 Å². The molecule has 3 N–H and O–H groups in total. The summed E-state index contributed by atoms with van der Waals surface area (Å²) in [7, 11) is 0.